The molecule has 0 fully saturated rings. The molecular formula is C22H29NO3. The molecule has 140 valence electrons. The van der Waals surface area contributed by atoms with E-state index in [4.69, 9.17) is 9.47 Å². The first kappa shape index (κ1) is 19.8. The zero-order valence-electron chi connectivity index (χ0n) is 16.3. The van der Waals surface area contributed by atoms with E-state index in [2.05, 4.69) is 31.3 Å². The molecule has 26 heavy (non-hydrogen) atoms. The van der Waals surface area contributed by atoms with Gasteiger partial charge in [-0.15, -0.1) is 0 Å². The summed E-state index contributed by atoms with van der Waals surface area (Å²) in [6, 6.07) is 13.9. The molecule has 0 aliphatic heterocycles. The van der Waals surface area contributed by atoms with Gasteiger partial charge in [0.2, 0.25) is 0 Å². The number of benzene rings is 2. The van der Waals surface area contributed by atoms with E-state index >= 15 is 0 Å². The lowest BCUT2D eigenvalue weighted by Crippen LogP contribution is -2.36. The van der Waals surface area contributed by atoms with Crippen molar-refractivity contribution >= 4 is 5.91 Å². The predicted molar refractivity (Wildman–Crippen MR) is 105 cm³/mol. The first-order chi connectivity index (χ1) is 12.4. The van der Waals surface area contributed by atoms with Crippen molar-refractivity contribution in [2.24, 2.45) is 0 Å². The van der Waals surface area contributed by atoms with Crippen LogP contribution in [0, 0.1) is 6.92 Å². The van der Waals surface area contributed by atoms with Gasteiger partial charge in [-0.25, -0.2) is 0 Å². The second-order valence-electron chi connectivity index (χ2n) is 6.75. The molecule has 0 aliphatic carbocycles. The maximum Gasteiger partial charge on any atom is 0.261 e. The van der Waals surface area contributed by atoms with Gasteiger partial charge < -0.3 is 14.8 Å². The van der Waals surface area contributed by atoms with Crippen molar-refractivity contribution in [2.75, 3.05) is 6.61 Å². The number of ether oxygens (including phenoxy) is 2. The third kappa shape index (κ3) is 5.51. The van der Waals surface area contributed by atoms with Crippen LogP contribution in [0.5, 0.6) is 11.5 Å². The Morgan fingerprint density at radius 3 is 2.58 bits per heavy atom. The fraction of sp³-hybridized carbons (Fsp3) is 0.409. The number of hydrogen-bond acceptors (Lipinski definition) is 3. The van der Waals surface area contributed by atoms with Crippen molar-refractivity contribution in [3.63, 3.8) is 0 Å². The van der Waals surface area contributed by atoms with Gasteiger partial charge in [-0.1, -0.05) is 38.1 Å². The summed E-state index contributed by atoms with van der Waals surface area (Å²) in [5.74, 6) is 1.79. The molecule has 1 amide bonds. The molecule has 0 radical (unpaired) electrons. The van der Waals surface area contributed by atoms with Crippen LogP contribution < -0.4 is 14.8 Å². The largest absolute Gasteiger partial charge is 0.494 e. The summed E-state index contributed by atoms with van der Waals surface area (Å²) >= 11 is 0. The molecule has 0 saturated heterocycles. The lowest BCUT2D eigenvalue weighted by molar-refractivity contribution is -0.127. The summed E-state index contributed by atoms with van der Waals surface area (Å²) in [6.45, 7) is 11.0. The Morgan fingerprint density at radius 1 is 1.12 bits per heavy atom. The number of carbonyl (C=O) groups excluding carboxylic acids is 1. The molecule has 1 atom stereocenters. The van der Waals surface area contributed by atoms with Gasteiger partial charge in [0.05, 0.1) is 6.61 Å². The van der Waals surface area contributed by atoms with Gasteiger partial charge in [0.1, 0.15) is 11.5 Å². The zero-order valence-corrected chi connectivity index (χ0v) is 16.3. The van der Waals surface area contributed by atoms with Crippen LogP contribution in [0.15, 0.2) is 42.5 Å². The maximum atomic E-state index is 12.4. The van der Waals surface area contributed by atoms with Crippen LogP contribution >= 0.6 is 0 Å². The van der Waals surface area contributed by atoms with E-state index in [1.807, 2.05) is 44.2 Å². The molecule has 0 aliphatic rings. The summed E-state index contributed by atoms with van der Waals surface area (Å²) in [5, 5.41) is 2.93. The summed E-state index contributed by atoms with van der Waals surface area (Å²) in [4.78, 5) is 12.4. The summed E-state index contributed by atoms with van der Waals surface area (Å²) in [7, 11) is 0. The van der Waals surface area contributed by atoms with Gasteiger partial charge in [0, 0.05) is 6.54 Å². The van der Waals surface area contributed by atoms with Crippen molar-refractivity contribution in [3.05, 3.63) is 59.2 Å². The van der Waals surface area contributed by atoms with Gasteiger partial charge in [0.25, 0.3) is 5.91 Å². The van der Waals surface area contributed by atoms with Crippen LogP contribution in [0.2, 0.25) is 0 Å². The summed E-state index contributed by atoms with van der Waals surface area (Å²) < 4.78 is 11.5. The number of carbonyl (C=O) groups is 1. The minimum absolute atomic E-state index is 0.136. The topological polar surface area (TPSA) is 47.6 Å². The van der Waals surface area contributed by atoms with Gasteiger partial charge >= 0.3 is 0 Å². The molecule has 0 saturated carbocycles. The van der Waals surface area contributed by atoms with Crippen molar-refractivity contribution in [3.8, 4) is 11.5 Å². The molecule has 0 heterocycles. The molecule has 1 N–H and O–H groups in total. The van der Waals surface area contributed by atoms with E-state index < -0.39 is 6.10 Å². The Labute approximate surface area is 156 Å². The number of amides is 1. The average molecular weight is 355 g/mol. The zero-order chi connectivity index (χ0) is 19.1. The van der Waals surface area contributed by atoms with E-state index in [0.29, 0.717) is 19.1 Å². The Bertz CT molecular complexity index is 740. The maximum absolute atomic E-state index is 12.4. The third-order valence-electron chi connectivity index (χ3n) is 4.14. The lowest BCUT2D eigenvalue weighted by atomic mass is 10.0. The molecule has 0 bridgehead atoms. The number of rotatable bonds is 8. The van der Waals surface area contributed by atoms with Crippen molar-refractivity contribution in [1.29, 1.82) is 0 Å². The molecule has 2 rings (SSSR count). The van der Waals surface area contributed by atoms with E-state index in [9.17, 15) is 4.79 Å². The molecule has 2 aromatic carbocycles. The minimum atomic E-state index is -0.565. The van der Waals surface area contributed by atoms with Crippen LogP contribution in [-0.2, 0) is 11.3 Å². The van der Waals surface area contributed by atoms with Crippen molar-refractivity contribution in [2.45, 2.75) is 53.2 Å². The smallest absolute Gasteiger partial charge is 0.261 e. The van der Waals surface area contributed by atoms with Crippen molar-refractivity contribution in [1.82, 2.24) is 5.32 Å². The molecule has 4 nitrogen and oxygen atoms in total. The van der Waals surface area contributed by atoms with Crippen molar-refractivity contribution < 1.29 is 14.3 Å². The van der Waals surface area contributed by atoms with E-state index in [1.165, 1.54) is 0 Å². The molecule has 0 spiro atoms. The number of nitrogens with one attached hydrogen (secondary N) is 1. The highest BCUT2D eigenvalue weighted by Crippen LogP contribution is 2.28. The van der Waals surface area contributed by atoms with Crippen LogP contribution in [0.4, 0.5) is 0 Å². The molecule has 0 aromatic heterocycles. The average Bonchev–Trinajstić information content (AvgIpc) is 2.60. The lowest BCUT2D eigenvalue weighted by Gasteiger charge is -2.19. The second kappa shape index (κ2) is 9.27. The van der Waals surface area contributed by atoms with Crippen LogP contribution in [0.25, 0.3) is 0 Å². The summed E-state index contributed by atoms with van der Waals surface area (Å²) in [5.41, 5.74) is 3.22. The molecular weight excluding hydrogens is 326 g/mol. The van der Waals surface area contributed by atoms with Gasteiger partial charge in [-0.3, -0.25) is 4.79 Å². The Morgan fingerprint density at radius 2 is 1.88 bits per heavy atom. The van der Waals surface area contributed by atoms with Gasteiger partial charge in [0.15, 0.2) is 6.10 Å². The van der Waals surface area contributed by atoms with Gasteiger partial charge in [-0.05, 0) is 61.6 Å². The Hall–Kier alpha value is -2.49. The second-order valence-corrected chi connectivity index (χ2v) is 6.75. The van der Waals surface area contributed by atoms with Gasteiger partial charge in [-0.2, -0.15) is 0 Å². The minimum Gasteiger partial charge on any atom is -0.494 e. The Kier molecular flexibility index (Phi) is 7.07. The highest BCUT2D eigenvalue weighted by atomic mass is 16.5. The standard InChI is InChI=1S/C22H29NO3/c1-6-25-19-9-7-8-18(13-19)14-23-22(24)17(5)26-21-12-16(4)10-11-20(21)15(2)3/h7-13,15,17H,6,14H2,1-5H3,(H,23,24)/t17-/m0/s1. The highest BCUT2D eigenvalue weighted by molar-refractivity contribution is 5.80. The monoisotopic (exact) mass is 355 g/mol. The van der Waals surface area contributed by atoms with Crippen LogP contribution in [-0.4, -0.2) is 18.6 Å². The molecule has 2 aromatic rings. The number of hydrogen-bond donors (Lipinski definition) is 1. The Balaban J connectivity index is 1.98. The number of aryl methyl sites for hydroxylation is 1. The predicted octanol–water partition coefficient (Wildman–Crippen LogP) is 4.60. The van der Waals surface area contributed by atoms with E-state index in [0.717, 1.165) is 28.2 Å². The molecule has 4 heteroatoms. The fourth-order valence-corrected chi connectivity index (χ4v) is 2.71. The summed E-state index contributed by atoms with van der Waals surface area (Å²) in [6.07, 6.45) is -0.565. The van der Waals surface area contributed by atoms with E-state index in [-0.39, 0.29) is 5.91 Å². The normalized spacial score (nSPS) is 11.9. The fourth-order valence-electron chi connectivity index (χ4n) is 2.71. The first-order valence-corrected chi connectivity index (χ1v) is 9.17. The highest BCUT2D eigenvalue weighted by Gasteiger charge is 2.17. The van der Waals surface area contributed by atoms with E-state index in [1.54, 1.807) is 6.92 Å². The first-order valence-electron chi connectivity index (χ1n) is 9.17. The third-order valence-corrected chi connectivity index (χ3v) is 4.14. The molecule has 0 unspecified atom stereocenters. The van der Waals surface area contributed by atoms with Crippen LogP contribution in [0.1, 0.15) is 50.3 Å². The quantitative estimate of drug-likeness (QED) is 0.753. The SMILES string of the molecule is CCOc1cccc(CNC(=O)[C@H](C)Oc2cc(C)ccc2C(C)C)c1. The van der Waals surface area contributed by atoms with Crippen LogP contribution in [0.3, 0.4) is 0 Å².